The van der Waals surface area contributed by atoms with Crippen molar-refractivity contribution in [3.8, 4) is 0 Å². The van der Waals surface area contributed by atoms with Gasteiger partial charge in [0.2, 0.25) is 0 Å². The van der Waals surface area contributed by atoms with Gasteiger partial charge in [-0.2, -0.15) is 0 Å². The van der Waals surface area contributed by atoms with Crippen LogP contribution in [0.4, 0.5) is 19.8 Å². The van der Waals surface area contributed by atoms with Gasteiger partial charge in [-0.1, -0.05) is 18.2 Å². The Balaban J connectivity index is 1.63. The molecule has 8 heteroatoms. The summed E-state index contributed by atoms with van der Waals surface area (Å²) in [5.74, 6) is 0.812. The number of allylic oxidation sites excluding steroid dienone is 1. The molecule has 2 heterocycles. The molecule has 7 nitrogen and oxygen atoms in total. The van der Waals surface area contributed by atoms with E-state index in [1.54, 1.807) is 53.8 Å². The number of amides is 2. The fourth-order valence-electron chi connectivity index (χ4n) is 3.90. The third-order valence-corrected chi connectivity index (χ3v) is 5.47. The van der Waals surface area contributed by atoms with Crippen LogP contribution in [-0.2, 0) is 9.47 Å². The van der Waals surface area contributed by atoms with Gasteiger partial charge < -0.3 is 14.4 Å². The predicted octanol–water partition coefficient (Wildman–Crippen LogP) is 6.32. The van der Waals surface area contributed by atoms with Gasteiger partial charge >= 0.3 is 12.2 Å². The normalized spacial score (nSPS) is 15.5. The lowest BCUT2D eigenvalue weighted by Crippen LogP contribution is -2.43. The van der Waals surface area contributed by atoms with Gasteiger partial charge in [0.1, 0.15) is 22.8 Å². The molecule has 0 unspecified atom stereocenters. The second-order valence-corrected chi connectivity index (χ2v) is 10.8. The fraction of sp³-hybridized carbons (Fsp3) is 0.519. The van der Waals surface area contributed by atoms with E-state index < -0.39 is 23.4 Å². The Labute approximate surface area is 206 Å². The molecular weight excluding hydrogens is 449 g/mol. The van der Waals surface area contributed by atoms with E-state index >= 15 is 0 Å². The van der Waals surface area contributed by atoms with E-state index in [1.807, 2.05) is 18.2 Å². The van der Waals surface area contributed by atoms with Crippen molar-refractivity contribution in [1.29, 1.82) is 0 Å². The van der Waals surface area contributed by atoms with Crippen LogP contribution >= 0.6 is 0 Å². The Morgan fingerprint density at radius 3 is 2.23 bits per heavy atom. The van der Waals surface area contributed by atoms with E-state index in [4.69, 9.17) is 9.47 Å². The number of anilines is 1. The van der Waals surface area contributed by atoms with Gasteiger partial charge in [-0.15, -0.1) is 0 Å². The lowest BCUT2D eigenvalue weighted by molar-refractivity contribution is 0.00371. The monoisotopic (exact) mass is 485 g/mol. The molecule has 3 rings (SSSR count). The van der Waals surface area contributed by atoms with Crippen LogP contribution in [0, 0.1) is 11.7 Å². The van der Waals surface area contributed by atoms with Crippen LogP contribution in [0.3, 0.4) is 0 Å². The highest BCUT2D eigenvalue weighted by Crippen LogP contribution is 2.29. The number of ether oxygens (including phenoxy) is 2. The molecular formula is C27H36FN3O4. The number of imide groups is 1. The number of piperidine rings is 1. The highest BCUT2D eigenvalue weighted by atomic mass is 19.1. The average Bonchev–Trinajstić information content (AvgIpc) is 2.74. The zero-order valence-corrected chi connectivity index (χ0v) is 21.5. The number of hydrogen-bond donors (Lipinski definition) is 0. The summed E-state index contributed by atoms with van der Waals surface area (Å²) in [6.07, 6.45) is 5.89. The molecule has 0 bridgehead atoms. The Bertz CT molecular complexity index is 1050. The highest BCUT2D eigenvalue weighted by molar-refractivity contribution is 5.92. The zero-order chi connectivity index (χ0) is 25.8. The Kier molecular flexibility index (Phi) is 8.03. The number of pyridine rings is 1. The van der Waals surface area contributed by atoms with Gasteiger partial charge in [-0.05, 0) is 83.9 Å². The van der Waals surface area contributed by atoms with Crippen LogP contribution in [-0.4, -0.2) is 52.9 Å². The topological polar surface area (TPSA) is 72.0 Å². The molecule has 2 amide bonds. The molecule has 1 aliphatic heterocycles. The largest absolute Gasteiger partial charge is 0.443 e. The first kappa shape index (κ1) is 26.4. The summed E-state index contributed by atoms with van der Waals surface area (Å²) >= 11 is 0. The van der Waals surface area contributed by atoms with Gasteiger partial charge in [-0.3, -0.25) is 0 Å². The number of aromatic nitrogens is 1. The molecule has 1 saturated heterocycles. The summed E-state index contributed by atoms with van der Waals surface area (Å²) in [5.41, 5.74) is -1.46. The number of carbonyl (C=O) groups excluding carboxylic acids is 2. The quantitative estimate of drug-likeness (QED) is 0.472. The molecule has 1 aliphatic rings. The van der Waals surface area contributed by atoms with Gasteiger partial charge in [0.15, 0.2) is 0 Å². The number of benzene rings is 1. The second kappa shape index (κ2) is 10.6. The van der Waals surface area contributed by atoms with E-state index in [0.29, 0.717) is 0 Å². The van der Waals surface area contributed by atoms with Crippen molar-refractivity contribution in [3.05, 3.63) is 48.4 Å². The maximum atomic E-state index is 13.8. The SMILES string of the molecule is CC(C)(C)OC(=O)N(C/C=C\C1CCN(c2nccc3ccc(F)cc23)CC1)C(=O)OC(C)(C)C. The summed E-state index contributed by atoms with van der Waals surface area (Å²) in [5, 5.41) is 1.77. The van der Waals surface area contributed by atoms with Crippen molar-refractivity contribution in [2.75, 3.05) is 24.5 Å². The molecule has 0 aliphatic carbocycles. The minimum absolute atomic E-state index is 0.0637. The molecule has 0 saturated carbocycles. The lowest BCUT2D eigenvalue weighted by atomic mass is 9.96. The molecule has 0 atom stereocenters. The van der Waals surface area contributed by atoms with Gasteiger partial charge in [0.05, 0.1) is 6.54 Å². The average molecular weight is 486 g/mol. The Morgan fingerprint density at radius 2 is 1.66 bits per heavy atom. The highest BCUT2D eigenvalue weighted by Gasteiger charge is 2.30. The summed E-state index contributed by atoms with van der Waals surface area (Å²) in [4.78, 5) is 32.9. The van der Waals surface area contributed by atoms with E-state index in [0.717, 1.165) is 47.4 Å². The standard InChI is InChI=1S/C27H36FN3O4/c1-26(2,3)34-24(32)31(25(33)35-27(4,5)6)15-7-8-19-12-16-30(17-13-19)23-22-18-21(28)10-9-20(22)11-14-29-23/h7-11,14,18-19H,12-13,15-17H2,1-6H3/b8-7-. The molecule has 0 radical (unpaired) electrons. The number of halogens is 1. The van der Waals surface area contributed by atoms with E-state index in [9.17, 15) is 14.0 Å². The van der Waals surface area contributed by atoms with E-state index in [1.165, 1.54) is 12.1 Å². The summed E-state index contributed by atoms with van der Waals surface area (Å²) < 4.78 is 24.6. The molecule has 190 valence electrons. The first-order valence-electron chi connectivity index (χ1n) is 12.0. The third-order valence-electron chi connectivity index (χ3n) is 5.47. The van der Waals surface area contributed by atoms with Crippen LogP contribution < -0.4 is 4.90 Å². The summed E-state index contributed by atoms with van der Waals surface area (Å²) in [7, 11) is 0. The van der Waals surface area contributed by atoms with Gasteiger partial charge in [-0.25, -0.2) is 23.9 Å². The predicted molar refractivity (Wildman–Crippen MR) is 135 cm³/mol. The van der Waals surface area contributed by atoms with Gasteiger partial charge in [0, 0.05) is 24.7 Å². The number of rotatable bonds is 4. The molecule has 35 heavy (non-hydrogen) atoms. The van der Waals surface area contributed by atoms with Crippen molar-refractivity contribution in [1.82, 2.24) is 9.88 Å². The van der Waals surface area contributed by atoms with Crippen LogP contribution in [0.2, 0.25) is 0 Å². The minimum atomic E-state index is -0.736. The van der Waals surface area contributed by atoms with Gasteiger partial charge in [0.25, 0.3) is 0 Å². The van der Waals surface area contributed by atoms with Crippen molar-refractivity contribution >= 4 is 28.8 Å². The fourth-order valence-corrected chi connectivity index (χ4v) is 3.90. The second-order valence-electron chi connectivity index (χ2n) is 10.8. The maximum absolute atomic E-state index is 13.8. The Morgan fingerprint density at radius 1 is 1.06 bits per heavy atom. The molecule has 1 fully saturated rings. The van der Waals surface area contributed by atoms with Crippen LogP contribution in [0.5, 0.6) is 0 Å². The van der Waals surface area contributed by atoms with E-state index in [2.05, 4.69) is 9.88 Å². The molecule has 1 aromatic heterocycles. The van der Waals surface area contributed by atoms with Crippen molar-refractivity contribution in [2.24, 2.45) is 5.92 Å². The van der Waals surface area contributed by atoms with Crippen molar-refractivity contribution in [2.45, 2.75) is 65.6 Å². The summed E-state index contributed by atoms with van der Waals surface area (Å²) in [6, 6.07) is 6.65. The van der Waals surface area contributed by atoms with E-state index in [-0.39, 0.29) is 18.3 Å². The summed E-state index contributed by atoms with van der Waals surface area (Å²) in [6.45, 7) is 12.1. The van der Waals surface area contributed by atoms with Crippen molar-refractivity contribution < 1.29 is 23.5 Å². The molecule has 2 aromatic rings. The number of fused-ring (bicyclic) bond motifs is 1. The van der Waals surface area contributed by atoms with Crippen LogP contribution in [0.25, 0.3) is 10.8 Å². The molecule has 0 spiro atoms. The number of hydrogen-bond acceptors (Lipinski definition) is 6. The minimum Gasteiger partial charge on any atom is -0.443 e. The van der Waals surface area contributed by atoms with Crippen LogP contribution in [0.15, 0.2) is 42.6 Å². The van der Waals surface area contributed by atoms with Crippen molar-refractivity contribution in [3.63, 3.8) is 0 Å². The zero-order valence-electron chi connectivity index (χ0n) is 21.5. The molecule has 1 aromatic carbocycles. The first-order chi connectivity index (χ1) is 16.3. The Hall–Kier alpha value is -3.16. The third kappa shape index (κ3) is 7.67. The number of nitrogens with zero attached hydrogens (tertiary/aromatic N) is 3. The van der Waals surface area contributed by atoms with Crippen LogP contribution in [0.1, 0.15) is 54.4 Å². The first-order valence-corrected chi connectivity index (χ1v) is 12.0. The lowest BCUT2D eigenvalue weighted by Gasteiger charge is -2.32. The number of carbonyl (C=O) groups is 2. The maximum Gasteiger partial charge on any atom is 0.420 e. The molecule has 0 N–H and O–H groups in total. The smallest absolute Gasteiger partial charge is 0.420 e.